The minimum absolute atomic E-state index is 0.132. The van der Waals surface area contributed by atoms with Crippen LogP contribution in [0.5, 0.6) is 0 Å². The lowest BCUT2D eigenvalue weighted by atomic mass is 9.68. The molecule has 0 aromatic heterocycles. The number of carbonyl (C=O) groups excluding carboxylic acids is 5. The Kier molecular flexibility index (Phi) is 4.94. The Balaban J connectivity index is 1.50. The third-order valence-electron chi connectivity index (χ3n) is 7.13. The van der Waals surface area contributed by atoms with Crippen LogP contribution < -0.4 is 10.2 Å². The Bertz CT molecular complexity index is 1170. The van der Waals surface area contributed by atoms with Crippen LogP contribution in [0.4, 0.5) is 16.2 Å². The van der Waals surface area contributed by atoms with Gasteiger partial charge in [-0.15, -0.1) is 0 Å². The second-order valence-corrected chi connectivity index (χ2v) is 9.74. The molecule has 11 nitrogen and oxygen atoms in total. The molecule has 11 heteroatoms. The van der Waals surface area contributed by atoms with E-state index in [0.29, 0.717) is 18.7 Å². The quantitative estimate of drug-likeness (QED) is 0.288. The van der Waals surface area contributed by atoms with Gasteiger partial charge in [0.1, 0.15) is 0 Å². The van der Waals surface area contributed by atoms with E-state index in [1.807, 2.05) is 6.07 Å². The van der Waals surface area contributed by atoms with Crippen molar-refractivity contribution in [3.8, 4) is 0 Å². The minimum atomic E-state index is -1.40. The van der Waals surface area contributed by atoms with Crippen LogP contribution in [0.3, 0.4) is 0 Å². The van der Waals surface area contributed by atoms with Gasteiger partial charge in [-0.2, -0.15) is 0 Å². The molecule has 5 rings (SSSR count). The molecule has 1 aromatic rings. The van der Waals surface area contributed by atoms with Crippen molar-refractivity contribution in [2.75, 3.05) is 30.9 Å². The summed E-state index contributed by atoms with van der Waals surface area (Å²) in [6.45, 7) is 3.62. The number of rotatable bonds is 2. The molecule has 1 aromatic carbocycles. The summed E-state index contributed by atoms with van der Waals surface area (Å²) in [5, 5.41) is 2.92. The van der Waals surface area contributed by atoms with E-state index in [4.69, 9.17) is 9.47 Å². The molecule has 1 spiro atoms. The van der Waals surface area contributed by atoms with E-state index in [9.17, 15) is 24.0 Å². The Morgan fingerprint density at radius 3 is 2.26 bits per heavy atom. The van der Waals surface area contributed by atoms with E-state index in [0.717, 1.165) is 27.5 Å². The maximum Gasteiger partial charge on any atom is 0.350 e. The van der Waals surface area contributed by atoms with E-state index >= 15 is 0 Å². The Morgan fingerprint density at radius 2 is 1.63 bits per heavy atom. The molecule has 3 saturated heterocycles. The summed E-state index contributed by atoms with van der Waals surface area (Å²) in [5.41, 5.74) is 0.526. The lowest BCUT2D eigenvalue weighted by Gasteiger charge is -2.50. The van der Waals surface area contributed by atoms with Crippen molar-refractivity contribution in [3.63, 3.8) is 0 Å². The third kappa shape index (κ3) is 3.28. The number of imide groups is 2. The number of urea groups is 1. The molecule has 3 fully saturated rings. The molecular formula is C24H26N4O7. The number of hydrogen-bond acceptors (Lipinski definition) is 9. The van der Waals surface area contributed by atoms with Gasteiger partial charge in [0.15, 0.2) is 11.0 Å². The maximum atomic E-state index is 13.5. The Labute approximate surface area is 201 Å². The fourth-order valence-electron chi connectivity index (χ4n) is 5.54. The number of barbiturate groups is 1. The van der Waals surface area contributed by atoms with Crippen molar-refractivity contribution in [2.45, 2.75) is 44.9 Å². The molecule has 184 valence electrons. The van der Waals surface area contributed by atoms with E-state index in [-0.39, 0.29) is 18.0 Å². The molecule has 0 radical (unpaired) electrons. The van der Waals surface area contributed by atoms with Crippen molar-refractivity contribution in [2.24, 2.45) is 5.41 Å². The number of benzene rings is 1. The van der Waals surface area contributed by atoms with Crippen molar-refractivity contribution >= 4 is 41.2 Å². The molecule has 1 atom stereocenters. The number of anilines is 2. The lowest BCUT2D eigenvalue weighted by Crippen LogP contribution is -2.70. The summed E-state index contributed by atoms with van der Waals surface area (Å²) in [6, 6.07) is 4.47. The highest BCUT2D eigenvalue weighted by atomic mass is 16.7. The van der Waals surface area contributed by atoms with Gasteiger partial charge in [-0.1, -0.05) is 0 Å². The standard InChI is InChI=1S/C24H26N4O7/c1-23(2)34-18(29)15(19(30)35-23)12-25-14-7-8-16-13(10-14)11-24(17-6-5-9-28(16)17)20(31)26(3)22(33)27(4)21(24)32/h7-8,10,12,17,25H,5-6,9,11H2,1-4H3/t17-/m0/s1. The third-order valence-corrected chi connectivity index (χ3v) is 7.13. The number of nitrogens with one attached hydrogen (secondary N) is 1. The van der Waals surface area contributed by atoms with Gasteiger partial charge in [-0.3, -0.25) is 19.4 Å². The second-order valence-electron chi connectivity index (χ2n) is 9.74. The molecule has 4 aliphatic heterocycles. The molecule has 0 bridgehead atoms. The number of nitrogens with zero attached hydrogens (tertiary/aromatic N) is 3. The first-order valence-corrected chi connectivity index (χ1v) is 11.4. The highest BCUT2D eigenvalue weighted by Crippen LogP contribution is 2.49. The normalized spacial score (nSPS) is 24.8. The molecule has 0 aliphatic carbocycles. The number of fused-ring (bicyclic) bond motifs is 4. The van der Waals surface area contributed by atoms with Gasteiger partial charge >= 0.3 is 18.0 Å². The van der Waals surface area contributed by atoms with Crippen LogP contribution in [0.15, 0.2) is 30.0 Å². The van der Waals surface area contributed by atoms with Crippen LogP contribution >= 0.6 is 0 Å². The summed E-state index contributed by atoms with van der Waals surface area (Å²) in [6.07, 6.45) is 2.84. The number of ether oxygens (including phenoxy) is 2. The molecule has 4 aliphatic rings. The molecule has 0 saturated carbocycles. The monoisotopic (exact) mass is 482 g/mol. The van der Waals surface area contributed by atoms with Crippen molar-refractivity contribution in [3.05, 3.63) is 35.5 Å². The molecule has 35 heavy (non-hydrogen) atoms. The molecule has 1 N–H and O–H groups in total. The summed E-state index contributed by atoms with van der Waals surface area (Å²) in [4.78, 5) is 67.9. The maximum absolute atomic E-state index is 13.5. The predicted octanol–water partition coefficient (Wildman–Crippen LogP) is 1.38. The van der Waals surface area contributed by atoms with Gasteiger partial charge in [0.05, 0.1) is 6.04 Å². The molecular weight excluding hydrogens is 456 g/mol. The van der Waals surface area contributed by atoms with E-state index in [1.165, 1.54) is 34.1 Å². The van der Waals surface area contributed by atoms with Gasteiger partial charge in [0.2, 0.25) is 11.8 Å². The highest BCUT2D eigenvalue weighted by molar-refractivity contribution is 6.20. The number of hydrogen-bond donors (Lipinski definition) is 1. The van der Waals surface area contributed by atoms with Crippen molar-refractivity contribution in [1.29, 1.82) is 0 Å². The van der Waals surface area contributed by atoms with Gasteiger partial charge in [0.25, 0.3) is 5.79 Å². The number of esters is 2. The van der Waals surface area contributed by atoms with Crippen LogP contribution in [-0.2, 0) is 35.1 Å². The van der Waals surface area contributed by atoms with Gasteiger partial charge in [0, 0.05) is 52.1 Å². The average Bonchev–Trinajstić information content (AvgIpc) is 3.29. The van der Waals surface area contributed by atoms with Crippen LogP contribution in [0.2, 0.25) is 0 Å². The largest absolute Gasteiger partial charge is 0.419 e. The van der Waals surface area contributed by atoms with E-state index in [2.05, 4.69) is 10.2 Å². The zero-order chi connectivity index (χ0) is 25.3. The van der Waals surface area contributed by atoms with Crippen LogP contribution in [0, 0.1) is 5.41 Å². The number of cyclic esters (lactones) is 2. The fraction of sp³-hybridized carbons (Fsp3) is 0.458. The fourth-order valence-corrected chi connectivity index (χ4v) is 5.54. The summed E-state index contributed by atoms with van der Waals surface area (Å²) < 4.78 is 10.2. The predicted molar refractivity (Wildman–Crippen MR) is 122 cm³/mol. The van der Waals surface area contributed by atoms with Crippen LogP contribution in [0.1, 0.15) is 32.3 Å². The van der Waals surface area contributed by atoms with E-state index in [1.54, 1.807) is 12.1 Å². The number of amides is 4. The average molecular weight is 482 g/mol. The first-order chi connectivity index (χ1) is 16.5. The zero-order valence-corrected chi connectivity index (χ0v) is 19.9. The van der Waals surface area contributed by atoms with E-state index < -0.39 is 41.0 Å². The topological polar surface area (TPSA) is 126 Å². The smallest absolute Gasteiger partial charge is 0.350 e. The van der Waals surface area contributed by atoms with Gasteiger partial charge in [-0.25, -0.2) is 14.4 Å². The van der Waals surface area contributed by atoms with Gasteiger partial charge in [-0.05, 0) is 43.0 Å². The summed E-state index contributed by atoms with van der Waals surface area (Å²) in [5.74, 6) is -3.93. The van der Waals surface area contributed by atoms with Crippen molar-refractivity contribution < 1.29 is 33.4 Å². The zero-order valence-electron chi connectivity index (χ0n) is 19.9. The summed E-state index contributed by atoms with van der Waals surface area (Å²) in [7, 11) is 2.80. The first-order valence-electron chi connectivity index (χ1n) is 11.4. The Hall–Kier alpha value is -3.89. The van der Waals surface area contributed by atoms with Crippen molar-refractivity contribution in [1.82, 2.24) is 9.80 Å². The molecule has 4 amide bonds. The number of carbonyl (C=O) groups is 5. The van der Waals surface area contributed by atoms with Crippen LogP contribution in [0.25, 0.3) is 0 Å². The lowest BCUT2D eigenvalue weighted by molar-refractivity contribution is -0.222. The first kappa shape index (κ1) is 22.9. The minimum Gasteiger partial charge on any atom is -0.419 e. The molecule has 0 unspecified atom stereocenters. The second kappa shape index (κ2) is 7.56. The van der Waals surface area contributed by atoms with Gasteiger partial charge < -0.3 is 19.7 Å². The SMILES string of the molecule is CN1C(=O)N(C)C(=O)C2(Cc3cc(NC=C4C(=O)OC(C)(C)OC4=O)ccc3N3CCC[C@H]32)C1=O. The summed E-state index contributed by atoms with van der Waals surface area (Å²) >= 11 is 0. The van der Waals surface area contributed by atoms with Crippen LogP contribution in [-0.4, -0.2) is 72.1 Å². The highest BCUT2D eigenvalue weighted by Gasteiger charge is 2.63. The Morgan fingerprint density at radius 1 is 1.00 bits per heavy atom. The molecule has 4 heterocycles.